The molecule has 0 saturated carbocycles. The summed E-state index contributed by atoms with van der Waals surface area (Å²) in [6.45, 7) is 3.65. The topological polar surface area (TPSA) is 61.2 Å². The molecule has 0 spiro atoms. The first kappa shape index (κ1) is 15.3. The molecule has 23 heavy (non-hydrogen) atoms. The highest BCUT2D eigenvalue weighted by atomic mass is 35.5. The van der Waals surface area contributed by atoms with Gasteiger partial charge < -0.3 is 19.6 Å². The molecule has 2 aliphatic rings. The maximum absolute atomic E-state index is 10.2. The first-order valence-electron chi connectivity index (χ1n) is 7.25. The Morgan fingerprint density at radius 1 is 1.39 bits per heavy atom. The highest BCUT2D eigenvalue weighted by Crippen LogP contribution is 2.40. The molecule has 2 aromatic rings. The fraction of sp³-hybridized carbons (Fsp3) is 0.429. The van der Waals surface area contributed by atoms with Gasteiger partial charge in [0.05, 0.1) is 30.4 Å². The number of hydrogen-bond donors (Lipinski definition) is 1. The van der Waals surface area contributed by atoms with Gasteiger partial charge in [-0.25, -0.2) is 9.98 Å². The number of thiazole rings is 1. The number of anilines is 2. The van der Waals surface area contributed by atoms with Gasteiger partial charge in [0, 0.05) is 18.7 Å². The minimum atomic E-state index is -0.841. The van der Waals surface area contributed by atoms with Crippen molar-refractivity contribution >= 4 is 51.6 Å². The molecular formula is C14H15ClN4O2S2. The molecule has 4 rings (SSSR count). The number of aromatic nitrogens is 1. The van der Waals surface area contributed by atoms with Crippen molar-refractivity contribution in [3.05, 3.63) is 26.2 Å². The third-order valence-electron chi connectivity index (χ3n) is 3.79. The van der Waals surface area contributed by atoms with Gasteiger partial charge in [-0.2, -0.15) is 0 Å². The second-order valence-electron chi connectivity index (χ2n) is 5.27. The highest BCUT2D eigenvalue weighted by Gasteiger charge is 2.28. The van der Waals surface area contributed by atoms with E-state index in [1.165, 1.54) is 22.7 Å². The van der Waals surface area contributed by atoms with Gasteiger partial charge >= 0.3 is 0 Å². The second-order valence-corrected chi connectivity index (χ2v) is 7.80. The van der Waals surface area contributed by atoms with Crippen LogP contribution in [0.4, 0.5) is 10.9 Å². The van der Waals surface area contributed by atoms with E-state index in [-0.39, 0.29) is 0 Å². The van der Waals surface area contributed by atoms with Crippen molar-refractivity contribution in [2.75, 3.05) is 36.1 Å². The molecule has 0 radical (unpaired) electrons. The highest BCUT2D eigenvalue weighted by molar-refractivity contribution is 7.16. The average Bonchev–Trinajstić information content (AvgIpc) is 3.19. The summed E-state index contributed by atoms with van der Waals surface area (Å²) in [5.41, 5.74) is 1.03. The predicted molar refractivity (Wildman–Crippen MR) is 94.1 cm³/mol. The summed E-state index contributed by atoms with van der Waals surface area (Å²) in [6, 6.07) is 2.00. The molecule has 6 nitrogen and oxygen atoms in total. The smallest absolute Gasteiger partial charge is 0.187 e. The van der Waals surface area contributed by atoms with Gasteiger partial charge in [0.25, 0.3) is 0 Å². The number of halogens is 1. The van der Waals surface area contributed by atoms with Gasteiger partial charge in [-0.05, 0) is 11.4 Å². The third-order valence-corrected chi connectivity index (χ3v) is 6.19. The van der Waals surface area contributed by atoms with Crippen LogP contribution in [0.25, 0.3) is 0 Å². The standard InChI is InChI=1S/C14H15ClN4O2S2/c15-11-9(1-6-22-11)7-19-8-16-13(20)10-12(19)17-14(23-10)18-2-4-21-5-3-18/h1,6,8,13,20H,2-5,7H2. The number of aliphatic hydroxyl groups excluding tert-OH is 1. The molecule has 1 fully saturated rings. The van der Waals surface area contributed by atoms with Crippen LogP contribution in [-0.2, 0) is 11.3 Å². The lowest BCUT2D eigenvalue weighted by Gasteiger charge is -2.26. The Morgan fingerprint density at radius 2 is 2.22 bits per heavy atom. The van der Waals surface area contributed by atoms with E-state index in [1.54, 1.807) is 6.34 Å². The zero-order chi connectivity index (χ0) is 15.8. The van der Waals surface area contributed by atoms with Gasteiger partial charge in [-0.15, -0.1) is 11.3 Å². The van der Waals surface area contributed by atoms with Gasteiger partial charge in [-0.3, -0.25) is 0 Å². The average molecular weight is 371 g/mol. The van der Waals surface area contributed by atoms with Crippen molar-refractivity contribution in [3.8, 4) is 0 Å². The van der Waals surface area contributed by atoms with Crippen molar-refractivity contribution in [1.82, 2.24) is 4.98 Å². The molecular weight excluding hydrogens is 356 g/mol. The van der Waals surface area contributed by atoms with Crippen molar-refractivity contribution in [2.24, 2.45) is 4.99 Å². The number of hydrogen-bond acceptors (Lipinski definition) is 8. The molecule has 1 N–H and O–H groups in total. The number of morpholine rings is 1. The molecule has 9 heteroatoms. The Balaban J connectivity index is 1.63. The van der Waals surface area contributed by atoms with Gasteiger partial charge in [-0.1, -0.05) is 22.9 Å². The number of rotatable bonds is 3. The van der Waals surface area contributed by atoms with Gasteiger partial charge in [0.1, 0.15) is 4.88 Å². The van der Waals surface area contributed by atoms with Crippen LogP contribution < -0.4 is 9.80 Å². The Bertz CT molecular complexity index is 726. The second kappa shape index (κ2) is 6.37. The van der Waals surface area contributed by atoms with Gasteiger partial charge in [0.15, 0.2) is 17.2 Å². The Morgan fingerprint density at radius 3 is 2.96 bits per heavy atom. The summed E-state index contributed by atoms with van der Waals surface area (Å²) in [4.78, 5) is 13.8. The number of ether oxygens (including phenoxy) is 1. The van der Waals surface area contributed by atoms with Crippen LogP contribution in [0.1, 0.15) is 16.7 Å². The summed E-state index contributed by atoms with van der Waals surface area (Å²) in [6.07, 6.45) is 0.801. The third kappa shape index (κ3) is 2.97. The van der Waals surface area contributed by atoms with Crippen LogP contribution in [-0.4, -0.2) is 42.7 Å². The van der Waals surface area contributed by atoms with Crippen LogP contribution in [0.3, 0.4) is 0 Å². The minimum Gasteiger partial charge on any atom is -0.378 e. The maximum atomic E-state index is 10.2. The summed E-state index contributed by atoms with van der Waals surface area (Å²) in [5, 5.41) is 13.0. The molecule has 1 atom stereocenters. The van der Waals surface area contributed by atoms with Crippen LogP contribution >= 0.6 is 34.3 Å². The van der Waals surface area contributed by atoms with Crippen LogP contribution in [0.5, 0.6) is 0 Å². The molecule has 2 aromatic heterocycles. The first-order valence-corrected chi connectivity index (χ1v) is 9.33. The number of aliphatic imine (C=N–C) groups is 1. The molecule has 1 unspecified atom stereocenters. The lowest BCUT2D eigenvalue weighted by Crippen LogP contribution is -2.36. The number of aliphatic hydroxyl groups is 1. The molecule has 4 heterocycles. The van der Waals surface area contributed by atoms with E-state index >= 15 is 0 Å². The van der Waals surface area contributed by atoms with Gasteiger partial charge in [0.2, 0.25) is 0 Å². The van der Waals surface area contributed by atoms with E-state index < -0.39 is 6.23 Å². The molecule has 0 amide bonds. The molecule has 122 valence electrons. The molecule has 1 saturated heterocycles. The number of fused-ring (bicyclic) bond motifs is 1. The van der Waals surface area contributed by atoms with Crippen LogP contribution in [0.15, 0.2) is 16.4 Å². The molecule has 2 aliphatic heterocycles. The Kier molecular flexibility index (Phi) is 4.25. The Labute approximate surface area is 146 Å². The monoisotopic (exact) mass is 370 g/mol. The number of thiophene rings is 1. The summed E-state index contributed by atoms with van der Waals surface area (Å²) in [7, 11) is 0. The normalized spacial score (nSPS) is 20.9. The molecule has 0 bridgehead atoms. The maximum Gasteiger partial charge on any atom is 0.187 e. The van der Waals surface area contributed by atoms with E-state index in [0.717, 1.165) is 38.8 Å². The van der Waals surface area contributed by atoms with E-state index in [1.807, 2.05) is 16.3 Å². The van der Waals surface area contributed by atoms with Crippen LogP contribution in [0.2, 0.25) is 4.34 Å². The summed E-state index contributed by atoms with van der Waals surface area (Å²) < 4.78 is 6.16. The van der Waals surface area contributed by atoms with E-state index in [9.17, 15) is 5.11 Å². The van der Waals surface area contributed by atoms with Crippen LogP contribution in [0, 0.1) is 0 Å². The SMILES string of the molecule is OC1N=CN(Cc2ccsc2Cl)c2nc(N3CCOCC3)sc21. The summed E-state index contributed by atoms with van der Waals surface area (Å²) >= 11 is 9.20. The molecule has 0 aromatic carbocycles. The minimum absolute atomic E-state index is 0.595. The zero-order valence-electron chi connectivity index (χ0n) is 12.2. The number of nitrogens with zero attached hydrogens (tertiary/aromatic N) is 4. The van der Waals surface area contributed by atoms with E-state index in [0.29, 0.717) is 19.8 Å². The fourth-order valence-corrected chi connectivity index (χ4v) is 4.55. The largest absolute Gasteiger partial charge is 0.378 e. The van der Waals surface area contributed by atoms with E-state index in [2.05, 4.69) is 9.89 Å². The van der Waals surface area contributed by atoms with Crippen molar-refractivity contribution in [3.63, 3.8) is 0 Å². The summed E-state index contributed by atoms with van der Waals surface area (Å²) in [5.74, 6) is 0.765. The lowest BCUT2D eigenvalue weighted by molar-refractivity contribution is 0.122. The van der Waals surface area contributed by atoms with Crippen molar-refractivity contribution < 1.29 is 9.84 Å². The van der Waals surface area contributed by atoms with Crippen molar-refractivity contribution in [2.45, 2.75) is 12.8 Å². The fourth-order valence-electron chi connectivity index (χ4n) is 2.57. The van der Waals surface area contributed by atoms with E-state index in [4.69, 9.17) is 21.3 Å². The lowest BCUT2D eigenvalue weighted by atomic mass is 10.3. The predicted octanol–water partition coefficient (Wildman–Crippen LogP) is 2.73. The molecule has 0 aliphatic carbocycles. The first-order chi connectivity index (χ1) is 11.2. The van der Waals surface area contributed by atoms with Crippen molar-refractivity contribution in [1.29, 1.82) is 0 Å². The quantitative estimate of drug-likeness (QED) is 0.900. The zero-order valence-corrected chi connectivity index (χ0v) is 14.6. The Hall–Kier alpha value is -1.19.